The Kier molecular flexibility index (Phi) is 4.28. The Morgan fingerprint density at radius 2 is 2.10 bits per heavy atom. The van der Waals surface area contributed by atoms with Crippen molar-refractivity contribution in [3.8, 4) is 0 Å². The summed E-state index contributed by atoms with van der Waals surface area (Å²) < 4.78 is 36.2. The first kappa shape index (κ1) is 16.2. The van der Waals surface area contributed by atoms with E-state index >= 15 is 0 Å². The quantitative estimate of drug-likeness (QED) is 0.884. The molecule has 1 aliphatic rings. The molecule has 1 fully saturated rings. The van der Waals surface area contributed by atoms with Gasteiger partial charge in [-0.3, -0.25) is 4.79 Å². The zero-order valence-electron chi connectivity index (χ0n) is 11.4. The zero-order valence-corrected chi connectivity index (χ0v) is 13.0. The molecule has 5 nitrogen and oxygen atoms in total. The molecule has 0 bridgehead atoms. The van der Waals surface area contributed by atoms with Crippen molar-refractivity contribution in [1.29, 1.82) is 0 Å². The maximum atomic E-state index is 13.6. The molecular weight excluding hydrogens is 319 g/mol. The summed E-state index contributed by atoms with van der Waals surface area (Å²) in [6.07, 6.45) is 3.50. The predicted molar refractivity (Wildman–Crippen MR) is 77.1 cm³/mol. The van der Waals surface area contributed by atoms with Crippen molar-refractivity contribution in [1.82, 2.24) is 5.32 Å². The molecule has 0 aromatic heterocycles. The second kappa shape index (κ2) is 5.55. The second-order valence-corrected chi connectivity index (χ2v) is 7.19. The van der Waals surface area contributed by atoms with Crippen LogP contribution in [0.1, 0.15) is 43.0 Å². The molecule has 0 aliphatic heterocycles. The van der Waals surface area contributed by atoms with Crippen LogP contribution in [0.15, 0.2) is 17.0 Å². The largest absolute Gasteiger partial charge is 0.347 e. The lowest BCUT2D eigenvalue weighted by Crippen LogP contribution is -2.53. The Hall–Kier alpha value is -1.18. The van der Waals surface area contributed by atoms with Crippen molar-refractivity contribution in [2.24, 2.45) is 5.14 Å². The van der Waals surface area contributed by atoms with Crippen molar-refractivity contribution in [3.63, 3.8) is 0 Å². The minimum atomic E-state index is -4.26. The number of rotatable bonds is 4. The van der Waals surface area contributed by atoms with Gasteiger partial charge in [0, 0.05) is 5.54 Å². The van der Waals surface area contributed by atoms with E-state index in [1.165, 1.54) is 0 Å². The molecule has 1 aromatic rings. The minimum Gasteiger partial charge on any atom is -0.347 e. The maximum absolute atomic E-state index is 13.6. The van der Waals surface area contributed by atoms with Crippen LogP contribution >= 0.6 is 11.6 Å². The molecule has 116 valence electrons. The number of nitrogens with one attached hydrogen (secondary N) is 1. The lowest BCUT2D eigenvalue weighted by atomic mass is 9.74. The van der Waals surface area contributed by atoms with E-state index in [0.29, 0.717) is 0 Å². The summed E-state index contributed by atoms with van der Waals surface area (Å²) in [6, 6.07) is 1.67. The fourth-order valence-corrected chi connectivity index (χ4v) is 3.25. The molecule has 0 saturated heterocycles. The molecule has 3 N–H and O–H groups in total. The van der Waals surface area contributed by atoms with Crippen LogP contribution in [0.3, 0.4) is 0 Å². The summed E-state index contributed by atoms with van der Waals surface area (Å²) in [5.74, 6) is -1.60. The van der Waals surface area contributed by atoms with E-state index in [1.54, 1.807) is 0 Å². The SMILES string of the molecule is CCC1(NC(=O)c2cc(S(N)(=O)=O)c(F)cc2Cl)CCC1. The van der Waals surface area contributed by atoms with E-state index in [-0.39, 0.29) is 16.1 Å². The summed E-state index contributed by atoms with van der Waals surface area (Å²) in [7, 11) is -4.26. The van der Waals surface area contributed by atoms with Crippen molar-refractivity contribution in [2.75, 3.05) is 0 Å². The molecule has 1 saturated carbocycles. The van der Waals surface area contributed by atoms with Crippen LogP contribution in [0.2, 0.25) is 5.02 Å². The Bertz CT molecular complexity index is 681. The van der Waals surface area contributed by atoms with E-state index in [9.17, 15) is 17.6 Å². The van der Waals surface area contributed by atoms with Crippen molar-refractivity contribution >= 4 is 27.5 Å². The van der Waals surface area contributed by atoms with Crippen molar-refractivity contribution in [3.05, 3.63) is 28.5 Å². The van der Waals surface area contributed by atoms with Gasteiger partial charge in [0.15, 0.2) is 0 Å². The average Bonchev–Trinajstić information content (AvgIpc) is 2.31. The number of primary sulfonamides is 1. The number of hydrogen-bond donors (Lipinski definition) is 2. The highest BCUT2D eigenvalue weighted by Gasteiger charge is 2.37. The van der Waals surface area contributed by atoms with Crippen LogP contribution in [-0.2, 0) is 10.0 Å². The third-order valence-electron chi connectivity index (χ3n) is 3.94. The highest BCUT2D eigenvalue weighted by atomic mass is 35.5. The molecule has 2 rings (SSSR count). The van der Waals surface area contributed by atoms with E-state index < -0.39 is 26.6 Å². The lowest BCUT2D eigenvalue weighted by Gasteiger charge is -2.42. The van der Waals surface area contributed by atoms with Crippen LogP contribution in [-0.4, -0.2) is 19.9 Å². The molecule has 21 heavy (non-hydrogen) atoms. The Balaban J connectivity index is 2.37. The monoisotopic (exact) mass is 334 g/mol. The van der Waals surface area contributed by atoms with Gasteiger partial charge in [0.25, 0.3) is 5.91 Å². The van der Waals surface area contributed by atoms with Gasteiger partial charge in [0.05, 0.1) is 10.6 Å². The van der Waals surface area contributed by atoms with Gasteiger partial charge in [-0.15, -0.1) is 0 Å². The number of sulfonamides is 1. The maximum Gasteiger partial charge on any atom is 0.253 e. The van der Waals surface area contributed by atoms with Crippen LogP contribution in [0.5, 0.6) is 0 Å². The second-order valence-electron chi connectivity index (χ2n) is 5.25. The number of benzene rings is 1. The molecule has 1 aliphatic carbocycles. The summed E-state index contributed by atoms with van der Waals surface area (Å²) in [5.41, 5.74) is -0.377. The van der Waals surface area contributed by atoms with Gasteiger partial charge in [-0.05, 0) is 37.8 Å². The van der Waals surface area contributed by atoms with Crippen LogP contribution in [0, 0.1) is 5.82 Å². The van der Waals surface area contributed by atoms with Crippen LogP contribution in [0.4, 0.5) is 4.39 Å². The summed E-state index contributed by atoms with van der Waals surface area (Å²) >= 11 is 5.84. The molecule has 0 atom stereocenters. The van der Waals surface area contributed by atoms with E-state index in [4.69, 9.17) is 16.7 Å². The number of halogens is 2. The van der Waals surface area contributed by atoms with Crippen molar-refractivity contribution < 1.29 is 17.6 Å². The van der Waals surface area contributed by atoms with Gasteiger partial charge >= 0.3 is 0 Å². The first-order valence-electron chi connectivity index (χ1n) is 6.53. The number of amides is 1. The molecule has 0 heterocycles. The average molecular weight is 335 g/mol. The smallest absolute Gasteiger partial charge is 0.253 e. The molecule has 0 unspecified atom stereocenters. The normalized spacial score (nSPS) is 17.1. The van der Waals surface area contributed by atoms with Gasteiger partial charge in [-0.1, -0.05) is 18.5 Å². The van der Waals surface area contributed by atoms with E-state index in [1.807, 2.05) is 6.92 Å². The predicted octanol–water partition coefficient (Wildman–Crippen LogP) is 2.19. The Morgan fingerprint density at radius 3 is 2.52 bits per heavy atom. The fraction of sp³-hybridized carbons (Fsp3) is 0.462. The third kappa shape index (κ3) is 3.20. The van der Waals surface area contributed by atoms with Gasteiger partial charge < -0.3 is 5.32 Å². The molecule has 8 heteroatoms. The number of carbonyl (C=O) groups is 1. The molecular formula is C13H16ClFN2O3S. The third-order valence-corrected chi connectivity index (χ3v) is 5.18. The first-order valence-corrected chi connectivity index (χ1v) is 8.45. The lowest BCUT2D eigenvalue weighted by molar-refractivity contribution is 0.0820. The zero-order chi connectivity index (χ0) is 15.8. The van der Waals surface area contributed by atoms with Gasteiger partial charge in [-0.25, -0.2) is 17.9 Å². The molecule has 0 radical (unpaired) electrons. The minimum absolute atomic E-state index is 0.0955. The number of carbonyl (C=O) groups excluding carboxylic acids is 1. The Morgan fingerprint density at radius 1 is 1.48 bits per heavy atom. The highest BCUT2D eigenvalue weighted by Crippen LogP contribution is 2.35. The summed E-state index contributed by atoms with van der Waals surface area (Å²) in [4.78, 5) is 11.5. The summed E-state index contributed by atoms with van der Waals surface area (Å²) in [6.45, 7) is 1.96. The molecule has 1 amide bonds. The van der Waals surface area contributed by atoms with E-state index in [2.05, 4.69) is 5.32 Å². The van der Waals surface area contributed by atoms with Gasteiger partial charge in [0.2, 0.25) is 10.0 Å². The number of nitrogens with two attached hydrogens (primary N) is 1. The number of hydrogen-bond acceptors (Lipinski definition) is 3. The van der Waals surface area contributed by atoms with Crippen LogP contribution in [0.25, 0.3) is 0 Å². The standard InChI is InChI=1S/C13H16ClFN2O3S/c1-2-13(4-3-5-13)17-12(18)8-6-11(21(16,19)20)10(15)7-9(8)14/h6-7H,2-5H2,1H3,(H,17,18)(H2,16,19,20). The fourth-order valence-electron chi connectivity index (χ4n) is 2.40. The van der Waals surface area contributed by atoms with Gasteiger partial charge in [-0.2, -0.15) is 0 Å². The highest BCUT2D eigenvalue weighted by molar-refractivity contribution is 7.89. The first-order chi connectivity index (χ1) is 9.68. The van der Waals surface area contributed by atoms with Crippen LogP contribution < -0.4 is 10.5 Å². The topological polar surface area (TPSA) is 89.3 Å². The molecule has 0 spiro atoms. The Labute approximate surface area is 127 Å². The summed E-state index contributed by atoms with van der Waals surface area (Å²) in [5, 5.41) is 7.63. The van der Waals surface area contributed by atoms with Crippen molar-refractivity contribution in [2.45, 2.75) is 43.0 Å². The van der Waals surface area contributed by atoms with Gasteiger partial charge in [0.1, 0.15) is 10.7 Å². The molecule has 1 aromatic carbocycles. The van der Waals surface area contributed by atoms with E-state index in [0.717, 1.165) is 37.8 Å².